The van der Waals surface area contributed by atoms with Gasteiger partial charge < -0.3 is 10.5 Å². The summed E-state index contributed by atoms with van der Waals surface area (Å²) in [6.45, 7) is 0. The molecule has 5 heteroatoms. The minimum absolute atomic E-state index is 0.280. The number of amides is 2. The summed E-state index contributed by atoms with van der Waals surface area (Å²) in [5.41, 5.74) is 4.72. The number of nitrogens with two attached hydrogens (primary N) is 1. The Hall–Kier alpha value is -0.710. The van der Waals surface area contributed by atoms with E-state index in [9.17, 15) is 4.79 Å². The van der Waals surface area contributed by atoms with E-state index in [1.807, 2.05) is 0 Å². The minimum atomic E-state index is -0.735. The molecule has 0 rings (SSSR count). The van der Waals surface area contributed by atoms with Crippen molar-refractivity contribution in [1.82, 2.24) is 0 Å². The molecule has 0 spiro atoms. The summed E-state index contributed by atoms with van der Waals surface area (Å²) in [6.07, 6.45) is 1.74. The minimum Gasteiger partial charge on any atom is -0.476 e. The lowest BCUT2D eigenvalue weighted by atomic mass is 11.1. The van der Waals surface area contributed by atoms with Gasteiger partial charge in [0.2, 0.25) is 0 Å². The van der Waals surface area contributed by atoms with E-state index >= 15 is 0 Å². The molecule has 0 unspecified atom stereocenters. The van der Waals surface area contributed by atoms with Crippen LogP contribution in [-0.4, -0.2) is 24.6 Å². The standard InChI is InChI=1S/C4H8N2O2S/c1-8-4(9-2)6-3(5)7/h1-2H3,(H2,5,7)/b6-4-. The van der Waals surface area contributed by atoms with E-state index in [2.05, 4.69) is 9.73 Å². The first-order valence-electron chi connectivity index (χ1n) is 2.16. The Balaban J connectivity index is 3.91. The fraction of sp³-hybridized carbons (Fsp3) is 0.500. The van der Waals surface area contributed by atoms with Gasteiger partial charge >= 0.3 is 6.03 Å². The second-order valence-electron chi connectivity index (χ2n) is 1.12. The molecule has 52 valence electrons. The summed E-state index contributed by atoms with van der Waals surface area (Å²) in [4.78, 5) is 13.4. The van der Waals surface area contributed by atoms with Gasteiger partial charge in [-0.15, -0.1) is 0 Å². The quantitative estimate of drug-likeness (QED) is 0.400. The van der Waals surface area contributed by atoms with Crippen LogP contribution in [0.1, 0.15) is 0 Å². The van der Waals surface area contributed by atoms with Crippen molar-refractivity contribution in [2.24, 2.45) is 10.7 Å². The topological polar surface area (TPSA) is 64.7 Å². The average molecular weight is 148 g/mol. The number of hydrogen-bond acceptors (Lipinski definition) is 3. The van der Waals surface area contributed by atoms with Crippen LogP contribution >= 0.6 is 11.8 Å². The fourth-order valence-corrected chi connectivity index (χ4v) is 0.613. The Labute approximate surface area is 57.5 Å². The predicted octanol–water partition coefficient (Wildman–Crippen LogP) is 0.431. The average Bonchev–Trinajstić information content (AvgIpc) is 1.82. The molecule has 2 N–H and O–H groups in total. The van der Waals surface area contributed by atoms with Gasteiger partial charge in [-0.1, -0.05) is 11.8 Å². The number of carbonyl (C=O) groups is 1. The van der Waals surface area contributed by atoms with Crippen molar-refractivity contribution >= 4 is 23.0 Å². The highest BCUT2D eigenvalue weighted by Gasteiger charge is 1.95. The second-order valence-corrected chi connectivity index (χ2v) is 1.88. The highest BCUT2D eigenvalue weighted by atomic mass is 32.2. The van der Waals surface area contributed by atoms with Gasteiger partial charge in [-0.2, -0.15) is 4.99 Å². The highest BCUT2D eigenvalue weighted by Crippen LogP contribution is 1.97. The maximum absolute atomic E-state index is 10.1. The zero-order chi connectivity index (χ0) is 7.28. The van der Waals surface area contributed by atoms with Crippen LogP contribution in [0.25, 0.3) is 0 Å². The molecule has 0 aliphatic rings. The number of hydrogen-bond donors (Lipinski definition) is 1. The number of methoxy groups -OCH3 is 1. The van der Waals surface area contributed by atoms with Crippen LogP contribution in [0.4, 0.5) is 4.79 Å². The summed E-state index contributed by atoms with van der Waals surface area (Å²) in [5.74, 6) is 0. The summed E-state index contributed by atoms with van der Waals surface area (Å²) < 4.78 is 4.62. The SMILES string of the molecule is CO/C(=N/C(N)=O)SC. The Morgan fingerprint density at radius 3 is 2.44 bits per heavy atom. The second kappa shape index (κ2) is 4.20. The van der Waals surface area contributed by atoms with Crippen molar-refractivity contribution in [3.8, 4) is 0 Å². The zero-order valence-corrected chi connectivity index (χ0v) is 6.07. The number of ether oxygens (including phenoxy) is 1. The van der Waals surface area contributed by atoms with Crippen LogP contribution in [0.15, 0.2) is 4.99 Å². The van der Waals surface area contributed by atoms with Crippen molar-refractivity contribution in [3.63, 3.8) is 0 Å². The molecule has 0 aromatic heterocycles. The molecule has 4 nitrogen and oxygen atoms in total. The lowest BCUT2D eigenvalue weighted by molar-refractivity contribution is 0.256. The van der Waals surface area contributed by atoms with Crippen LogP contribution in [-0.2, 0) is 4.74 Å². The summed E-state index contributed by atoms with van der Waals surface area (Å²) in [5, 5.41) is 0.280. The normalized spacial score (nSPS) is 11.1. The first kappa shape index (κ1) is 8.29. The molecule has 0 aromatic carbocycles. The molecule has 2 amide bonds. The molecule has 0 atom stereocenters. The number of primary amides is 1. The number of thioether (sulfide) groups is 1. The summed E-state index contributed by atoms with van der Waals surface area (Å²) in [6, 6.07) is -0.735. The van der Waals surface area contributed by atoms with Crippen LogP contribution in [0.5, 0.6) is 0 Å². The zero-order valence-electron chi connectivity index (χ0n) is 5.25. The van der Waals surface area contributed by atoms with Crippen LogP contribution < -0.4 is 5.73 Å². The van der Waals surface area contributed by atoms with Gasteiger partial charge in [0.15, 0.2) is 0 Å². The number of urea groups is 1. The first-order valence-corrected chi connectivity index (χ1v) is 3.39. The van der Waals surface area contributed by atoms with Crippen LogP contribution in [0.3, 0.4) is 0 Å². The van der Waals surface area contributed by atoms with Crippen molar-refractivity contribution in [2.45, 2.75) is 0 Å². The fourth-order valence-electron chi connectivity index (χ4n) is 0.265. The largest absolute Gasteiger partial charge is 0.476 e. The molecule has 0 bridgehead atoms. The molecule has 0 radical (unpaired) electrons. The monoisotopic (exact) mass is 148 g/mol. The van der Waals surface area contributed by atoms with E-state index in [-0.39, 0.29) is 5.23 Å². The molecule has 0 heterocycles. The lowest BCUT2D eigenvalue weighted by Gasteiger charge is -1.95. The van der Waals surface area contributed by atoms with Gasteiger partial charge in [-0.05, 0) is 6.26 Å². The maximum atomic E-state index is 10.1. The van der Waals surface area contributed by atoms with Crippen molar-refractivity contribution in [2.75, 3.05) is 13.4 Å². The number of nitrogens with zero attached hydrogens (tertiary/aromatic N) is 1. The maximum Gasteiger partial charge on any atom is 0.342 e. The third-order valence-corrected chi connectivity index (χ3v) is 1.16. The van der Waals surface area contributed by atoms with E-state index in [0.717, 1.165) is 0 Å². The van der Waals surface area contributed by atoms with E-state index in [0.29, 0.717) is 0 Å². The molecular weight excluding hydrogens is 140 g/mol. The van der Waals surface area contributed by atoms with Crippen molar-refractivity contribution in [3.05, 3.63) is 0 Å². The number of carbonyl (C=O) groups excluding carboxylic acids is 1. The molecule has 0 saturated heterocycles. The lowest BCUT2D eigenvalue weighted by Crippen LogP contribution is -2.08. The van der Waals surface area contributed by atoms with Crippen molar-refractivity contribution < 1.29 is 9.53 Å². The molecule has 0 fully saturated rings. The van der Waals surface area contributed by atoms with Gasteiger partial charge in [-0.25, -0.2) is 4.79 Å². The Morgan fingerprint density at radius 2 is 2.33 bits per heavy atom. The van der Waals surface area contributed by atoms with Crippen molar-refractivity contribution in [1.29, 1.82) is 0 Å². The van der Waals surface area contributed by atoms with E-state index in [4.69, 9.17) is 5.73 Å². The third-order valence-electron chi connectivity index (χ3n) is 0.551. The number of rotatable bonds is 0. The van der Waals surface area contributed by atoms with Gasteiger partial charge in [0.05, 0.1) is 7.11 Å². The van der Waals surface area contributed by atoms with E-state index in [1.165, 1.54) is 18.9 Å². The highest BCUT2D eigenvalue weighted by molar-refractivity contribution is 8.12. The Bertz CT molecular complexity index is 129. The predicted molar refractivity (Wildman–Crippen MR) is 37.5 cm³/mol. The molecular formula is C4H8N2O2S. The number of aliphatic imine (C=N–C) groups is 1. The van der Waals surface area contributed by atoms with Gasteiger partial charge in [0.1, 0.15) is 0 Å². The molecule has 0 aliphatic heterocycles. The Morgan fingerprint density at radius 1 is 1.78 bits per heavy atom. The smallest absolute Gasteiger partial charge is 0.342 e. The van der Waals surface area contributed by atoms with Gasteiger partial charge in [0, 0.05) is 0 Å². The first-order chi connectivity index (χ1) is 4.20. The Kier molecular flexibility index (Phi) is 3.87. The molecule has 0 saturated carbocycles. The van der Waals surface area contributed by atoms with E-state index in [1.54, 1.807) is 6.26 Å². The third kappa shape index (κ3) is 3.84. The summed E-state index contributed by atoms with van der Waals surface area (Å²) >= 11 is 1.23. The molecule has 0 aromatic rings. The van der Waals surface area contributed by atoms with E-state index < -0.39 is 6.03 Å². The van der Waals surface area contributed by atoms with Crippen LogP contribution in [0, 0.1) is 0 Å². The molecule has 9 heavy (non-hydrogen) atoms. The molecule has 0 aliphatic carbocycles. The van der Waals surface area contributed by atoms with Gasteiger partial charge in [-0.3, -0.25) is 0 Å². The summed E-state index contributed by atoms with van der Waals surface area (Å²) in [7, 11) is 1.43. The van der Waals surface area contributed by atoms with Crippen LogP contribution in [0.2, 0.25) is 0 Å². The van der Waals surface area contributed by atoms with Gasteiger partial charge in [0.25, 0.3) is 5.23 Å².